The van der Waals surface area contributed by atoms with Gasteiger partial charge in [-0.1, -0.05) is 37.7 Å². The number of aromatic nitrogens is 1. The standard InChI is InChI=1S/C39H56N6O10S/c1-40-20-26-25(18-23-10-16-42-17-11-23)19-24-8-4-3-5-12-38(13-6-7-14-38)32(31-29(24)30(26)36(51)55-31)56-21-27(33(47)45-34(48)35(49)50)44-28(46)9-15-39(54,37(52)53)43-22-41-2/h10-11,16-17,24,27,30,32,34,40-41,43,48,54H,3-9,12-15,18-22H2,1-2H3,(H,44,46)(H,45,47)(H,49,50)(H,52,53)/t24-,27-,30+,32-,34-,39+/m0/s1. The van der Waals surface area contributed by atoms with Crippen LogP contribution in [0, 0.1) is 17.3 Å². The van der Waals surface area contributed by atoms with Crippen molar-refractivity contribution in [1.29, 1.82) is 0 Å². The lowest BCUT2D eigenvalue weighted by atomic mass is 9.67. The summed E-state index contributed by atoms with van der Waals surface area (Å²) >= 11 is 1.38. The van der Waals surface area contributed by atoms with E-state index in [9.17, 15) is 44.4 Å². The number of hydrogen-bond acceptors (Lipinski definition) is 13. The summed E-state index contributed by atoms with van der Waals surface area (Å²) in [7, 11) is 3.40. The monoisotopic (exact) mass is 800 g/mol. The molecule has 17 heteroatoms. The molecular formula is C39H56N6O10S. The molecule has 1 saturated carbocycles. The summed E-state index contributed by atoms with van der Waals surface area (Å²) in [6.07, 6.45) is 10.3. The number of amides is 2. The molecule has 0 aromatic carbocycles. The highest BCUT2D eigenvalue weighted by molar-refractivity contribution is 8.00. The maximum atomic E-state index is 14.2. The molecule has 16 nitrogen and oxygen atoms in total. The third-order valence-corrected chi connectivity index (χ3v) is 13.2. The van der Waals surface area contributed by atoms with Gasteiger partial charge in [0.05, 0.1) is 5.25 Å². The Bertz CT molecular complexity index is 1670. The fourth-order valence-corrected chi connectivity index (χ4v) is 10.5. The smallest absolute Gasteiger partial charge is 0.353 e. The second kappa shape index (κ2) is 19.5. The summed E-state index contributed by atoms with van der Waals surface area (Å²) in [5, 5.41) is 52.2. The number of aliphatic hydroxyl groups excluding tert-OH is 1. The number of carboxylic acid groups (broad SMARTS) is 2. The Balaban J connectivity index is 1.50. The SMILES string of the molecule is CNCN[C@@](O)(CCC(=O)N[C@@H](CS[C@H]1C2=C3[C@@H](CCCCCC14CCCC4)CC(Cc1ccncc1)=C(CNC)[C@H]3C(=O)O2)C(=O)N[C@@H](O)C(=O)O)C(=O)O. The molecule has 3 aliphatic carbocycles. The van der Waals surface area contributed by atoms with Crippen LogP contribution in [0.4, 0.5) is 0 Å². The number of aliphatic hydroxyl groups is 2. The fourth-order valence-electron chi connectivity index (χ4n) is 8.85. The van der Waals surface area contributed by atoms with E-state index in [1.165, 1.54) is 17.3 Å². The van der Waals surface area contributed by atoms with Gasteiger partial charge in [-0.25, -0.2) is 9.59 Å². The average molecular weight is 801 g/mol. The number of thioether (sulfide) groups is 1. The van der Waals surface area contributed by atoms with Crippen LogP contribution in [0.25, 0.3) is 0 Å². The van der Waals surface area contributed by atoms with Crippen molar-refractivity contribution in [1.82, 2.24) is 31.6 Å². The Morgan fingerprint density at radius 1 is 1.02 bits per heavy atom. The molecule has 0 bridgehead atoms. The molecular weight excluding hydrogens is 745 g/mol. The number of likely N-dealkylation sites (N-methyl/N-ethyl adjacent to an activating group) is 1. The molecule has 308 valence electrons. The van der Waals surface area contributed by atoms with Crippen molar-refractivity contribution in [2.75, 3.05) is 33.1 Å². The van der Waals surface area contributed by atoms with E-state index in [1.54, 1.807) is 19.4 Å². The second-order valence-corrected chi connectivity index (χ2v) is 16.5. The van der Waals surface area contributed by atoms with Gasteiger partial charge in [-0.15, -0.1) is 11.8 Å². The number of carboxylic acids is 2. The Morgan fingerprint density at radius 3 is 2.36 bits per heavy atom. The number of rotatable bonds is 18. The minimum absolute atomic E-state index is 0.0626. The first-order valence-corrected chi connectivity index (χ1v) is 20.5. The van der Waals surface area contributed by atoms with E-state index in [4.69, 9.17) is 4.74 Å². The number of esters is 1. The van der Waals surface area contributed by atoms with E-state index in [1.807, 2.05) is 24.5 Å². The molecule has 2 amide bonds. The Morgan fingerprint density at radius 2 is 1.71 bits per heavy atom. The van der Waals surface area contributed by atoms with E-state index in [0.717, 1.165) is 80.9 Å². The van der Waals surface area contributed by atoms with Crippen molar-refractivity contribution < 1.29 is 49.1 Å². The zero-order valence-electron chi connectivity index (χ0n) is 32.1. The van der Waals surface area contributed by atoms with Crippen LogP contribution in [-0.2, 0) is 35.1 Å². The molecule has 5 rings (SSSR count). The molecule has 0 unspecified atom stereocenters. The van der Waals surface area contributed by atoms with Crippen LogP contribution in [0.3, 0.4) is 0 Å². The van der Waals surface area contributed by atoms with Crippen LogP contribution >= 0.6 is 11.8 Å². The molecule has 0 radical (unpaired) electrons. The molecule has 1 aliphatic heterocycles. The molecule has 0 saturated heterocycles. The molecule has 1 spiro atoms. The summed E-state index contributed by atoms with van der Waals surface area (Å²) in [5.41, 5.74) is 1.63. The molecule has 4 aliphatic rings. The van der Waals surface area contributed by atoms with Crippen molar-refractivity contribution in [2.24, 2.45) is 17.3 Å². The summed E-state index contributed by atoms with van der Waals surface area (Å²) in [5.74, 6) is -5.27. The number of nitrogens with zero attached hydrogens (tertiary/aromatic N) is 1. The van der Waals surface area contributed by atoms with Crippen molar-refractivity contribution in [3.8, 4) is 0 Å². The second-order valence-electron chi connectivity index (χ2n) is 15.4. The van der Waals surface area contributed by atoms with Crippen LogP contribution in [0.15, 0.2) is 47.0 Å². The van der Waals surface area contributed by atoms with Crippen LogP contribution in [0.1, 0.15) is 82.6 Å². The molecule has 9 N–H and O–H groups in total. The fraction of sp³-hybridized carbons (Fsp3) is 0.641. The van der Waals surface area contributed by atoms with Crippen LogP contribution in [-0.4, -0.2) is 111 Å². The Kier molecular flexibility index (Phi) is 15.1. The molecule has 56 heavy (non-hydrogen) atoms. The first-order chi connectivity index (χ1) is 26.8. The summed E-state index contributed by atoms with van der Waals surface area (Å²) in [6, 6.07) is 2.61. The zero-order chi connectivity index (χ0) is 40.5. The van der Waals surface area contributed by atoms with E-state index >= 15 is 0 Å². The molecule has 1 aromatic heterocycles. The van der Waals surface area contributed by atoms with Crippen molar-refractivity contribution in [3.63, 3.8) is 0 Å². The molecule has 6 atom stereocenters. The van der Waals surface area contributed by atoms with E-state index in [2.05, 4.69) is 26.3 Å². The number of hydrogen-bond donors (Lipinski definition) is 9. The first-order valence-electron chi connectivity index (χ1n) is 19.5. The van der Waals surface area contributed by atoms with Gasteiger partial charge >= 0.3 is 17.9 Å². The van der Waals surface area contributed by atoms with Gasteiger partial charge < -0.3 is 46.4 Å². The van der Waals surface area contributed by atoms with Gasteiger partial charge in [0.15, 0.2) is 0 Å². The first kappa shape index (κ1) is 43.3. The summed E-state index contributed by atoms with van der Waals surface area (Å²) in [6.45, 7) is 0.443. The van der Waals surface area contributed by atoms with E-state index in [-0.39, 0.29) is 35.0 Å². The maximum Gasteiger partial charge on any atom is 0.353 e. The van der Waals surface area contributed by atoms with E-state index < -0.39 is 60.5 Å². The number of aliphatic carboxylic acids is 2. The highest BCUT2D eigenvalue weighted by atomic mass is 32.2. The number of nitrogens with one attached hydrogen (secondary N) is 5. The number of carbonyl (C=O) groups is 5. The van der Waals surface area contributed by atoms with Gasteiger partial charge in [0.2, 0.25) is 23.8 Å². The zero-order valence-corrected chi connectivity index (χ0v) is 32.9. The summed E-state index contributed by atoms with van der Waals surface area (Å²) in [4.78, 5) is 68.5. The Labute approximate surface area is 331 Å². The van der Waals surface area contributed by atoms with Gasteiger partial charge in [-0.2, -0.15) is 0 Å². The third-order valence-electron chi connectivity index (χ3n) is 11.7. The van der Waals surface area contributed by atoms with Crippen molar-refractivity contribution >= 4 is 41.5 Å². The lowest BCUT2D eigenvalue weighted by molar-refractivity contribution is -0.164. The Hall–Kier alpha value is -3.87. The average Bonchev–Trinajstić information content (AvgIpc) is 3.79. The van der Waals surface area contributed by atoms with E-state index in [0.29, 0.717) is 18.7 Å². The van der Waals surface area contributed by atoms with Crippen LogP contribution < -0.4 is 26.6 Å². The minimum Gasteiger partial charge on any atom is -0.478 e. The quantitative estimate of drug-likeness (QED) is 0.0581. The van der Waals surface area contributed by atoms with Gasteiger partial charge in [0.25, 0.3) is 0 Å². The number of allylic oxidation sites excluding steroid dienone is 1. The van der Waals surface area contributed by atoms with Crippen molar-refractivity contribution in [3.05, 3.63) is 52.6 Å². The largest absolute Gasteiger partial charge is 0.478 e. The van der Waals surface area contributed by atoms with Crippen LogP contribution in [0.2, 0.25) is 0 Å². The van der Waals surface area contributed by atoms with Gasteiger partial charge in [0, 0.05) is 44.2 Å². The predicted octanol–water partition coefficient (Wildman–Crippen LogP) is 1.54. The lowest BCUT2D eigenvalue weighted by Crippen LogP contribution is -2.56. The topological polar surface area (TPSA) is 249 Å². The predicted molar refractivity (Wildman–Crippen MR) is 206 cm³/mol. The molecule has 2 heterocycles. The molecule has 1 fully saturated rings. The highest BCUT2D eigenvalue weighted by Gasteiger charge is 2.53. The summed E-state index contributed by atoms with van der Waals surface area (Å²) < 4.78 is 6.43. The molecule has 1 aromatic rings. The number of pyridine rings is 1. The van der Waals surface area contributed by atoms with Gasteiger partial charge in [-0.3, -0.25) is 24.7 Å². The van der Waals surface area contributed by atoms with Gasteiger partial charge in [0.1, 0.15) is 17.7 Å². The van der Waals surface area contributed by atoms with Crippen LogP contribution in [0.5, 0.6) is 0 Å². The lowest BCUT2D eigenvalue weighted by Gasteiger charge is -2.40. The van der Waals surface area contributed by atoms with Gasteiger partial charge in [-0.05, 0) is 92.8 Å². The minimum atomic E-state index is -2.44. The third kappa shape index (κ3) is 10.2. The number of carbonyl (C=O) groups excluding carboxylic acids is 3. The van der Waals surface area contributed by atoms with Crippen molar-refractivity contribution in [2.45, 2.75) is 107 Å². The highest BCUT2D eigenvalue weighted by Crippen LogP contribution is 2.57. The number of ether oxygens (including phenoxy) is 1. The maximum absolute atomic E-state index is 14.2. The normalized spacial score (nSPS) is 24.1.